The molecule has 0 aliphatic heterocycles. The largest absolute Gasteiger partial charge is 0.395 e. The first-order chi connectivity index (χ1) is 11.0. The van der Waals surface area contributed by atoms with Crippen molar-refractivity contribution in [1.29, 1.82) is 0 Å². The second-order valence-electron chi connectivity index (χ2n) is 5.00. The molecule has 0 aliphatic rings. The Hall–Kier alpha value is -1.47. The van der Waals surface area contributed by atoms with Crippen molar-refractivity contribution >= 4 is 29.0 Å². The van der Waals surface area contributed by atoms with Gasteiger partial charge in [-0.25, -0.2) is 9.97 Å². The van der Waals surface area contributed by atoms with Gasteiger partial charge in [0.2, 0.25) is 0 Å². The fraction of sp³-hybridized carbons (Fsp3) is 0.400. The molecule has 2 aromatic heterocycles. The summed E-state index contributed by atoms with van der Waals surface area (Å²) < 4.78 is 0. The topological polar surface area (TPSA) is 83.0 Å². The van der Waals surface area contributed by atoms with Crippen LogP contribution in [0.25, 0.3) is 0 Å². The molecule has 2 rings (SSSR count). The van der Waals surface area contributed by atoms with Gasteiger partial charge in [0, 0.05) is 19.3 Å². The van der Waals surface area contributed by atoms with Gasteiger partial charge in [0.25, 0.3) is 0 Å². The molecular formula is C15H19Cl2N5O. The number of hydrogen-bond donors (Lipinski definition) is 3. The Bertz CT molecular complexity index is 681. The van der Waals surface area contributed by atoms with Crippen LogP contribution in [0.4, 0.5) is 5.82 Å². The van der Waals surface area contributed by atoms with Crippen LogP contribution in [0.5, 0.6) is 0 Å². The van der Waals surface area contributed by atoms with E-state index in [4.69, 9.17) is 28.3 Å². The molecule has 0 aromatic carbocycles. The van der Waals surface area contributed by atoms with Gasteiger partial charge in [-0.05, 0) is 25.5 Å². The molecule has 0 fully saturated rings. The van der Waals surface area contributed by atoms with Crippen LogP contribution in [-0.4, -0.2) is 33.2 Å². The molecule has 0 radical (unpaired) electrons. The van der Waals surface area contributed by atoms with E-state index in [0.717, 1.165) is 11.3 Å². The Morgan fingerprint density at radius 1 is 1.13 bits per heavy atom. The highest BCUT2D eigenvalue weighted by Gasteiger charge is 2.11. The van der Waals surface area contributed by atoms with Crippen molar-refractivity contribution in [1.82, 2.24) is 20.3 Å². The molecule has 0 saturated heterocycles. The second kappa shape index (κ2) is 8.40. The lowest BCUT2D eigenvalue weighted by atomic mass is 10.2. The summed E-state index contributed by atoms with van der Waals surface area (Å²) in [5.74, 6) is 1.22. The Balaban J connectivity index is 2.10. The quantitative estimate of drug-likeness (QED) is 0.661. The summed E-state index contributed by atoms with van der Waals surface area (Å²) in [5.41, 5.74) is 2.36. The third kappa shape index (κ3) is 4.75. The smallest absolute Gasteiger partial charge is 0.149 e. The maximum absolute atomic E-state index is 8.81. The first-order valence-electron chi connectivity index (χ1n) is 7.21. The molecule has 0 aliphatic carbocycles. The Labute approximate surface area is 145 Å². The summed E-state index contributed by atoms with van der Waals surface area (Å²) in [6, 6.07) is 1.85. The van der Waals surface area contributed by atoms with Crippen molar-refractivity contribution in [2.45, 2.75) is 26.9 Å². The number of nitrogens with zero attached hydrogens (tertiary/aromatic N) is 3. The molecular weight excluding hydrogens is 337 g/mol. The van der Waals surface area contributed by atoms with E-state index in [2.05, 4.69) is 25.6 Å². The summed E-state index contributed by atoms with van der Waals surface area (Å²) in [6.07, 6.45) is 1.71. The molecule has 0 bridgehead atoms. The number of pyridine rings is 1. The van der Waals surface area contributed by atoms with E-state index in [9.17, 15) is 0 Å². The summed E-state index contributed by atoms with van der Waals surface area (Å²) >= 11 is 12.6. The monoisotopic (exact) mass is 355 g/mol. The lowest BCUT2D eigenvalue weighted by Crippen LogP contribution is -2.18. The number of rotatable bonds is 7. The van der Waals surface area contributed by atoms with E-state index in [1.54, 1.807) is 6.20 Å². The van der Waals surface area contributed by atoms with Gasteiger partial charge in [0.05, 0.1) is 29.6 Å². The third-order valence-electron chi connectivity index (χ3n) is 3.20. The number of anilines is 1. The van der Waals surface area contributed by atoms with Crippen LogP contribution < -0.4 is 10.6 Å². The number of aliphatic hydroxyl groups excluding tert-OH is 1. The van der Waals surface area contributed by atoms with Crippen LogP contribution in [0.2, 0.25) is 10.0 Å². The lowest BCUT2D eigenvalue weighted by molar-refractivity contribution is 0.292. The van der Waals surface area contributed by atoms with Crippen molar-refractivity contribution in [2.75, 3.05) is 18.5 Å². The predicted octanol–water partition coefficient (Wildman–Crippen LogP) is 2.49. The van der Waals surface area contributed by atoms with E-state index < -0.39 is 0 Å². The van der Waals surface area contributed by atoms with Crippen molar-refractivity contribution in [3.8, 4) is 0 Å². The first kappa shape index (κ1) is 17.9. The highest BCUT2D eigenvalue weighted by molar-refractivity contribution is 6.33. The molecule has 8 heteroatoms. The van der Waals surface area contributed by atoms with Gasteiger partial charge in [-0.2, -0.15) is 0 Å². The minimum Gasteiger partial charge on any atom is -0.395 e. The van der Waals surface area contributed by atoms with E-state index in [1.165, 1.54) is 0 Å². The number of aromatic nitrogens is 3. The van der Waals surface area contributed by atoms with Crippen molar-refractivity contribution in [3.05, 3.63) is 45.1 Å². The fourth-order valence-corrected chi connectivity index (χ4v) is 2.47. The van der Waals surface area contributed by atoms with Gasteiger partial charge < -0.3 is 15.7 Å². The van der Waals surface area contributed by atoms with Crippen molar-refractivity contribution in [2.24, 2.45) is 0 Å². The second-order valence-corrected chi connectivity index (χ2v) is 5.76. The fourth-order valence-electron chi connectivity index (χ4n) is 2.08. The highest BCUT2D eigenvalue weighted by Crippen LogP contribution is 2.24. The standard InChI is InChI=1S/C15H19Cl2N5O/c1-9-13(16)15(22-10(2)21-9)20-8-12-14(17)11(3-4-19-12)7-18-5-6-23/h3-4,18,23H,5-8H2,1-2H3,(H,20,21,22). The van der Waals surface area contributed by atoms with Crippen LogP contribution in [0.3, 0.4) is 0 Å². The average molecular weight is 356 g/mol. The molecule has 23 heavy (non-hydrogen) atoms. The highest BCUT2D eigenvalue weighted by atomic mass is 35.5. The Kier molecular flexibility index (Phi) is 6.53. The number of aliphatic hydroxyl groups is 1. The average Bonchev–Trinajstić information content (AvgIpc) is 2.52. The number of aryl methyl sites for hydroxylation is 2. The summed E-state index contributed by atoms with van der Waals surface area (Å²) in [5, 5.41) is 16.1. The summed E-state index contributed by atoms with van der Waals surface area (Å²) in [7, 11) is 0. The molecule has 124 valence electrons. The molecule has 0 amide bonds. The van der Waals surface area contributed by atoms with Crippen molar-refractivity contribution < 1.29 is 5.11 Å². The molecule has 0 saturated carbocycles. The van der Waals surface area contributed by atoms with Crippen LogP contribution >= 0.6 is 23.2 Å². The minimum atomic E-state index is 0.0853. The molecule has 3 N–H and O–H groups in total. The van der Waals surface area contributed by atoms with Crippen LogP contribution in [-0.2, 0) is 13.1 Å². The maximum Gasteiger partial charge on any atom is 0.149 e. The maximum atomic E-state index is 8.81. The van der Waals surface area contributed by atoms with E-state index in [1.807, 2.05) is 19.9 Å². The van der Waals surface area contributed by atoms with E-state index >= 15 is 0 Å². The number of halogens is 2. The van der Waals surface area contributed by atoms with E-state index in [0.29, 0.717) is 47.0 Å². The van der Waals surface area contributed by atoms with Crippen LogP contribution in [0.15, 0.2) is 12.3 Å². The third-order valence-corrected chi connectivity index (χ3v) is 4.11. The zero-order chi connectivity index (χ0) is 16.8. The van der Waals surface area contributed by atoms with Gasteiger partial charge >= 0.3 is 0 Å². The van der Waals surface area contributed by atoms with Crippen LogP contribution in [0.1, 0.15) is 22.8 Å². The Morgan fingerprint density at radius 2 is 1.91 bits per heavy atom. The molecule has 0 spiro atoms. The first-order valence-corrected chi connectivity index (χ1v) is 7.97. The zero-order valence-electron chi connectivity index (χ0n) is 13.0. The van der Waals surface area contributed by atoms with Crippen LogP contribution in [0, 0.1) is 13.8 Å². The molecule has 6 nitrogen and oxygen atoms in total. The van der Waals surface area contributed by atoms with E-state index in [-0.39, 0.29) is 6.61 Å². The Morgan fingerprint density at radius 3 is 2.65 bits per heavy atom. The van der Waals surface area contributed by atoms with Crippen molar-refractivity contribution in [3.63, 3.8) is 0 Å². The molecule has 0 atom stereocenters. The zero-order valence-corrected chi connectivity index (χ0v) is 14.5. The van der Waals surface area contributed by atoms with Gasteiger partial charge in [-0.15, -0.1) is 0 Å². The summed E-state index contributed by atoms with van der Waals surface area (Å²) in [4.78, 5) is 12.8. The van der Waals surface area contributed by atoms with Gasteiger partial charge in [-0.1, -0.05) is 23.2 Å². The normalized spacial score (nSPS) is 10.8. The minimum absolute atomic E-state index is 0.0853. The molecule has 0 unspecified atom stereocenters. The number of hydrogen-bond acceptors (Lipinski definition) is 6. The van der Waals surface area contributed by atoms with Gasteiger partial charge in [0.1, 0.15) is 16.7 Å². The summed E-state index contributed by atoms with van der Waals surface area (Å²) in [6.45, 7) is 5.22. The molecule has 2 heterocycles. The molecule has 2 aromatic rings. The SMILES string of the molecule is Cc1nc(C)c(Cl)c(NCc2nccc(CNCCO)c2Cl)n1. The van der Waals surface area contributed by atoms with Gasteiger partial charge in [0.15, 0.2) is 0 Å². The number of nitrogens with one attached hydrogen (secondary N) is 2. The predicted molar refractivity (Wildman–Crippen MR) is 91.9 cm³/mol. The lowest BCUT2D eigenvalue weighted by Gasteiger charge is -2.12. The van der Waals surface area contributed by atoms with Gasteiger partial charge in [-0.3, -0.25) is 4.98 Å².